The molecule has 0 bridgehead atoms. The number of rotatable bonds is 3. The summed E-state index contributed by atoms with van der Waals surface area (Å²) in [6.07, 6.45) is 3.41. The molecule has 0 saturated carbocycles. The van der Waals surface area contributed by atoms with Crippen LogP contribution in [-0.4, -0.2) is 16.9 Å². The van der Waals surface area contributed by atoms with E-state index in [-0.39, 0.29) is 0 Å². The van der Waals surface area contributed by atoms with E-state index in [4.69, 9.17) is 9.15 Å². The fourth-order valence-corrected chi connectivity index (χ4v) is 1.84. The van der Waals surface area contributed by atoms with Crippen LogP contribution in [-0.2, 0) is 0 Å². The number of hydrogen-bond donors (Lipinski definition) is 0. The molecule has 0 atom stereocenters. The monoisotopic (exact) mass is 240 g/mol. The van der Waals surface area contributed by atoms with Gasteiger partial charge in [0.1, 0.15) is 11.4 Å². The Hall–Kier alpha value is -2.49. The van der Waals surface area contributed by atoms with E-state index in [9.17, 15) is 0 Å². The van der Waals surface area contributed by atoms with Gasteiger partial charge in [0.25, 0.3) is 0 Å². The zero-order chi connectivity index (χ0) is 12.4. The van der Waals surface area contributed by atoms with Gasteiger partial charge < -0.3 is 9.15 Å². The van der Waals surface area contributed by atoms with Crippen molar-refractivity contribution in [2.45, 2.75) is 0 Å². The molecular weight excluding hydrogens is 228 g/mol. The van der Waals surface area contributed by atoms with Gasteiger partial charge in [0.15, 0.2) is 5.76 Å². The summed E-state index contributed by atoms with van der Waals surface area (Å²) in [5.41, 5.74) is 1.89. The average Bonchev–Trinajstić information content (AvgIpc) is 3.09. The minimum absolute atomic E-state index is 0.795. The molecule has 4 nitrogen and oxygen atoms in total. The smallest absolute Gasteiger partial charge is 0.152 e. The highest BCUT2D eigenvalue weighted by Crippen LogP contribution is 2.23. The van der Waals surface area contributed by atoms with Gasteiger partial charge in [-0.1, -0.05) is 0 Å². The van der Waals surface area contributed by atoms with Crippen LogP contribution in [0.2, 0.25) is 0 Å². The molecule has 3 rings (SSSR count). The van der Waals surface area contributed by atoms with Crippen molar-refractivity contribution < 1.29 is 9.15 Å². The molecule has 0 saturated heterocycles. The molecule has 0 spiro atoms. The van der Waals surface area contributed by atoms with Crippen LogP contribution in [0.25, 0.3) is 17.1 Å². The molecule has 0 aliphatic rings. The highest BCUT2D eigenvalue weighted by atomic mass is 16.5. The number of benzene rings is 1. The van der Waals surface area contributed by atoms with E-state index in [1.54, 1.807) is 19.6 Å². The molecular formula is C14H12N2O2. The first-order valence-electron chi connectivity index (χ1n) is 5.61. The lowest BCUT2D eigenvalue weighted by Crippen LogP contribution is -1.98. The maximum absolute atomic E-state index is 5.40. The Balaban J connectivity index is 2.04. The van der Waals surface area contributed by atoms with Crippen molar-refractivity contribution in [3.63, 3.8) is 0 Å². The van der Waals surface area contributed by atoms with Crippen LogP contribution in [0.15, 0.2) is 59.3 Å². The predicted octanol–water partition coefficient (Wildman–Crippen LogP) is 3.14. The SMILES string of the molecule is COc1ccc(-n2nccc2-c2ccco2)cc1. The Bertz CT molecular complexity index is 624. The second kappa shape index (κ2) is 4.41. The Morgan fingerprint density at radius 1 is 1.11 bits per heavy atom. The highest BCUT2D eigenvalue weighted by molar-refractivity contribution is 5.56. The van der Waals surface area contributed by atoms with E-state index in [0.29, 0.717) is 0 Å². The molecule has 18 heavy (non-hydrogen) atoms. The second-order valence-corrected chi connectivity index (χ2v) is 3.80. The van der Waals surface area contributed by atoms with E-state index < -0.39 is 0 Å². The molecule has 4 heteroatoms. The fraction of sp³-hybridized carbons (Fsp3) is 0.0714. The second-order valence-electron chi connectivity index (χ2n) is 3.80. The zero-order valence-corrected chi connectivity index (χ0v) is 9.91. The lowest BCUT2D eigenvalue weighted by Gasteiger charge is -2.06. The molecule has 0 N–H and O–H groups in total. The van der Waals surface area contributed by atoms with E-state index in [1.165, 1.54) is 0 Å². The quantitative estimate of drug-likeness (QED) is 0.706. The van der Waals surface area contributed by atoms with Gasteiger partial charge in [-0.25, -0.2) is 4.68 Å². The van der Waals surface area contributed by atoms with E-state index in [1.807, 2.05) is 47.1 Å². The molecule has 2 heterocycles. The first-order valence-corrected chi connectivity index (χ1v) is 5.61. The van der Waals surface area contributed by atoms with Gasteiger partial charge in [-0.3, -0.25) is 0 Å². The molecule has 1 aromatic carbocycles. The standard InChI is InChI=1S/C14H12N2O2/c1-17-12-6-4-11(5-7-12)16-13(8-9-15-16)14-3-2-10-18-14/h2-10H,1H3. The minimum Gasteiger partial charge on any atom is -0.497 e. The van der Waals surface area contributed by atoms with E-state index >= 15 is 0 Å². The fourth-order valence-electron chi connectivity index (χ4n) is 1.84. The lowest BCUT2D eigenvalue weighted by atomic mass is 10.2. The third-order valence-electron chi connectivity index (χ3n) is 2.73. The van der Waals surface area contributed by atoms with Gasteiger partial charge in [0, 0.05) is 0 Å². The van der Waals surface area contributed by atoms with Gasteiger partial charge in [-0.15, -0.1) is 0 Å². The van der Waals surface area contributed by atoms with Gasteiger partial charge >= 0.3 is 0 Å². The van der Waals surface area contributed by atoms with Crippen LogP contribution in [0.4, 0.5) is 0 Å². The maximum Gasteiger partial charge on any atom is 0.152 e. The molecule has 90 valence electrons. The van der Waals surface area contributed by atoms with Gasteiger partial charge in [0.2, 0.25) is 0 Å². The summed E-state index contributed by atoms with van der Waals surface area (Å²) in [5.74, 6) is 1.62. The topological polar surface area (TPSA) is 40.2 Å². The van der Waals surface area contributed by atoms with Gasteiger partial charge in [-0.2, -0.15) is 5.10 Å². The normalized spacial score (nSPS) is 10.5. The van der Waals surface area contributed by atoms with Crippen molar-refractivity contribution in [3.05, 3.63) is 54.9 Å². The molecule has 0 unspecified atom stereocenters. The Labute approximate surface area is 104 Å². The van der Waals surface area contributed by atoms with Crippen molar-refractivity contribution in [1.29, 1.82) is 0 Å². The van der Waals surface area contributed by atoms with Crippen molar-refractivity contribution in [3.8, 4) is 22.9 Å². The van der Waals surface area contributed by atoms with E-state index in [2.05, 4.69) is 5.10 Å². The van der Waals surface area contributed by atoms with Crippen molar-refractivity contribution >= 4 is 0 Å². The van der Waals surface area contributed by atoms with Crippen LogP contribution in [0.1, 0.15) is 0 Å². The number of furan rings is 1. The Kier molecular flexibility index (Phi) is 2.61. The van der Waals surface area contributed by atoms with Gasteiger partial charge in [0.05, 0.1) is 25.3 Å². The molecule has 3 aromatic rings. The Morgan fingerprint density at radius 3 is 2.61 bits per heavy atom. The molecule has 0 radical (unpaired) electrons. The Morgan fingerprint density at radius 2 is 1.94 bits per heavy atom. The van der Waals surface area contributed by atoms with Crippen LogP contribution in [0, 0.1) is 0 Å². The third kappa shape index (κ3) is 1.78. The first kappa shape index (κ1) is 10.7. The summed E-state index contributed by atoms with van der Waals surface area (Å²) in [7, 11) is 1.65. The maximum atomic E-state index is 5.40. The molecule has 2 aromatic heterocycles. The van der Waals surface area contributed by atoms with Crippen molar-refractivity contribution in [1.82, 2.24) is 9.78 Å². The van der Waals surface area contributed by atoms with Crippen molar-refractivity contribution in [2.24, 2.45) is 0 Å². The summed E-state index contributed by atoms with van der Waals surface area (Å²) in [6, 6.07) is 13.4. The summed E-state index contributed by atoms with van der Waals surface area (Å²) < 4.78 is 12.4. The van der Waals surface area contributed by atoms with Crippen LogP contribution in [0.5, 0.6) is 5.75 Å². The average molecular weight is 240 g/mol. The predicted molar refractivity (Wildman–Crippen MR) is 67.8 cm³/mol. The first-order chi connectivity index (χ1) is 8.88. The highest BCUT2D eigenvalue weighted by Gasteiger charge is 2.09. The number of hydrogen-bond acceptors (Lipinski definition) is 3. The largest absolute Gasteiger partial charge is 0.497 e. The summed E-state index contributed by atoms with van der Waals surface area (Å²) in [5, 5.41) is 4.31. The zero-order valence-electron chi connectivity index (χ0n) is 9.91. The van der Waals surface area contributed by atoms with Crippen molar-refractivity contribution in [2.75, 3.05) is 7.11 Å². The van der Waals surface area contributed by atoms with Gasteiger partial charge in [-0.05, 0) is 42.5 Å². The number of methoxy groups -OCH3 is 1. The number of nitrogens with zero attached hydrogens (tertiary/aromatic N) is 2. The summed E-state index contributed by atoms with van der Waals surface area (Å²) in [6.45, 7) is 0. The molecule has 0 amide bonds. The third-order valence-corrected chi connectivity index (χ3v) is 2.73. The number of ether oxygens (including phenoxy) is 1. The number of aromatic nitrogens is 2. The van der Waals surface area contributed by atoms with Crippen LogP contribution in [0.3, 0.4) is 0 Å². The molecule has 0 fully saturated rings. The van der Waals surface area contributed by atoms with Crippen LogP contribution >= 0.6 is 0 Å². The molecule has 0 aliphatic carbocycles. The van der Waals surface area contributed by atoms with E-state index in [0.717, 1.165) is 22.9 Å². The van der Waals surface area contributed by atoms with Crippen LogP contribution < -0.4 is 4.74 Å². The lowest BCUT2D eigenvalue weighted by molar-refractivity contribution is 0.414. The minimum atomic E-state index is 0.795. The summed E-state index contributed by atoms with van der Waals surface area (Å²) in [4.78, 5) is 0. The molecule has 0 aliphatic heterocycles. The summed E-state index contributed by atoms with van der Waals surface area (Å²) >= 11 is 0.